The van der Waals surface area contributed by atoms with Crippen molar-refractivity contribution in [2.45, 2.75) is 39.7 Å². The Morgan fingerprint density at radius 2 is 1.81 bits per heavy atom. The number of hydrogen-bond donors (Lipinski definition) is 1. The topological polar surface area (TPSA) is 12.0 Å². The summed E-state index contributed by atoms with van der Waals surface area (Å²) in [6.07, 6.45) is 2.22. The van der Waals surface area contributed by atoms with Crippen LogP contribution in [-0.4, -0.2) is 6.54 Å². The fourth-order valence-electron chi connectivity index (χ4n) is 2.56. The van der Waals surface area contributed by atoms with Crippen molar-refractivity contribution in [1.82, 2.24) is 5.32 Å². The highest BCUT2D eigenvalue weighted by atomic mass is 79.9. The van der Waals surface area contributed by atoms with E-state index in [0.29, 0.717) is 0 Å². The van der Waals surface area contributed by atoms with E-state index in [9.17, 15) is 0 Å². The predicted octanol–water partition coefficient (Wildman–Crippen LogP) is 5.41. The molecule has 0 fully saturated rings. The number of rotatable bonds is 6. The minimum Gasteiger partial charge on any atom is -0.306 e. The zero-order chi connectivity index (χ0) is 15.2. The Morgan fingerprint density at radius 3 is 2.48 bits per heavy atom. The van der Waals surface area contributed by atoms with Gasteiger partial charge in [-0.15, -0.1) is 0 Å². The van der Waals surface area contributed by atoms with E-state index in [1.807, 2.05) is 0 Å². The third-order valence-corrected chi connectivity index (χ3v) is 4.70. The van der Waals surface area contributed by atoms with Crippen molar-refractivity contribution in [3.05, 3.63) is 69.2 Å². The summed E-state index contributed by atoms with van der Waals surface area (Å²) < 4.78 is 1.17. The van der Waals surface area contributed by atoms with Gasteiger partial charge in [-0.3, -0.25) is 0 Å². The molecule has 21 heavy (non-hydrogen) atoms. The first-order chi connectivity index (χ1) is 10.2. The summed E-state index contributed by atoms with van der Waals surface area (Å²) in [6.45, 7) is 7.58. The molecule has 2 rings (SSSR count). The summed E-state index contributed by atoms with van der Waals surface area (Å²) in [6, 6.07) is 15.8. The van der Waals surface area contributed by atoms with Gasteiger partial charge in [-0.2, -0.15) is 0 Å². The highest BCUT2D eigenvalue weighted by Crippen LogP contribution is 2.26. The van der Waals surface area contributed by atoms with Crippen LogP contribution in [0.5, 0.6) is 0 Å². The highest BCUT2D eigenvalue weighted by molar-refractivity contribution is 9.10. The molecule has 112 valence electrons. The van der Waals surface area contributed by atoms with E-state index in [0.717, 1.165) is 19.4 Å². The maximum Gasteiger partial charge on any atom is 0.0576 e. The monoisotopic (exact) mass is 345 g/mol. The highest BCUT2D eigenvalue weighted by Gasteiger charge is 2.14. The molecular weight excluding hydrogens is 322 g/mol. The predicted molar refractivity (Wildman–Crippen MR) is 94.8 cm³/mol. The molecule has 0 amide bonds. The molecular formula is C19H24BrN. The third-order valence-electron chi connectivity index (χ3n) is 3.81. The van der Waals surface area contributed by atoms with Gasteiger partial charge in [0.05, 0.1) is 6.04 Å². The molecule has 1 nitrogen and oxygen atoms in total. The number of hydrogen-bond acceptors (Lipinski definition) is 1. The second-order valence-electron chi connectivity index (χ2n) is 5.49. The fourth-order valence-corrected chi connectivity index (χ4v) is 2.80. The molecule has 2 aromatic carbocycles. The van der Waals surface area contributed by atoms with Gasteiger partial charge in [-0.05, 0) is 54.6 Å². The van der Waals surface area contributed by atoms with Gasteiger partial charge in [0.25, 0.3) is 0 Å². The quantitative estimate of drug-likeness (QED) is 0.737. The lowest BCUT2D eigenvalue weighted by atomic mass is 9.95. The van der Waals surface area contributed by atoms with Gasteiger partial charge in [0, 0.05) is 4.47 Å². The lowest BCUT2D eigenvalue weighted by Gasteiger charge is -2.21. The van der Waals surface area contributed by atoms with Gasteiger partial charge in [0.15, 0.2) is 0 Å². The van der Waals surface area contributed by atoms with E-state index >= 15 is 0 Å². The largest absolute Gasteiger partial charge is 0.306 e. The fraction of sp³-hybridized carbons (Fsp3) is 0.368. The Morgan fingerprint density at radius 1 is 1.05 bits per heavy atom. The first-order valence-corrected chi connectivity index (χ1v) is 8.53. The van der Waals surface area contributed by atoms with Gasteiger partial charge < -0.3 is 5.32 Å². The van der Waals surface area contributed by atoms with Crippen LogP contribution in [0.3, 0.4) is 0 Å². The average molecular weight is 346 g/mol. The molecule has 0 aliphatic carbocycles. The normalized spacial score (nSPS) is 12.4. The van der Waals surface area contributed by atoms with E-state index < -0.39 is 0 Å². The minimum absolute atomic E-state index is 0.267. The van der Waals surface area contributed by atoms with Crippen LogP contribution >= 0.6 is 15.9 Å². The van der Waals surface area contributed by atoms with Gasteiger partial charge in [0.1, 0.15) is 0 Å². The second-order valence-corrected chi connectivity index (χ2v) is 6.35. The van der Waals surface area contributed by atoms with Crippen molar-refractivity contribution in [2.24, 2.45) is 0 Å². The van der Waals surface area contributed by atoms with Crippen molar-refractivity contribution in [3.63, 3.8) is 0 Å². The molecule has 0 spiro atoms. The molecule has 0 heterocycles. The van der Waals surface area contributed by atoms with Crippen LogP contribution in [-0.2, 0) is 6.42 Å². The number of nitrogens with one attached hydrogen (secondary N) is 1. The van der Waals surface area contributed by atoms with Gasteiger partial charge in [-0.1, -0.05) is 66.2 Å². The molecule has 1 unspecified atom stereocenters. The van der Waals surface area contributed by atoms with Crippen LogP contribution in [0.1, 0.15) is 48.6 Å². The van der Waals surface area contributed by atoms with Gasteiger partial charge >= 0.3 is 0 Å². The van der Waals surface area contributed by atoms with Crippen molar-refractivity contribution in [1.29, 1.82) is 0 Å². The first kappa shape index (κ1) is 16.3. The molecule has 0 aromatic heterocycles. The first-order valence-electron chi connectivity index (χ1n) is 7.74. The van der Waals surface area contributed by atoms with E-state index in [4.69, 9.17) is 0 Å². The molecule has 0 aliphatic heterocycles. The summed E-state index contributed by atoms with van der Waals surface area (Å²) >= 11 is 3.59. The zero-order valence-electron chi connectivity index (χ0n) is 13.1. The Balaban J connectivity index is 2.38. The molecule has 0 saturated carbocycles. The lowest BCUT2D eigenvalue weighted by molar-refractivity contribution is 0.598. The van der Waals surface area contributed by atoms with Gasteiger partial charge in [0.2, 0.25) is 0 Å². The van der Waals surface area contributed by atoms with Gasteiger partial charge in [-0.25, -0.2) is 0 Å². The molecule has 2 heteroatoms. The summed E-state index contributed by atoms with van der Waals surface area (Å²) in [4.78, 5) is 0. The Labute approximate surface area is 136 Å². The maximum absolute atomic E-state index is 3.68. The smallest absolute Gasteiger partial charge is 0.0576 e. The van der Waals surface area contributed by atoms with E-state index in [1.165, 1.54) is 26.7 Å². The molecule has 1 atom stereocenters. The lowest BCUT2D eigenvalue weighted by Crippen LogP contribution is -2.23. The minimum atomic E-state index is 0.267. The van der Waals surface area contributed by atoms with Crippen LogP contribution in [0.2, 0.25) is 0 Å². The van der Waals surface area contributed by atoms with Crippen LogP contribution in [0, 0.1) is 6.92 Å². The molecule has 2 aromatic rings. The second kappa shape index (κ2) is 7.77. The number of aryl methyl sites for hydroxylation is 2. The Kier molecular flexibility index (Phi) is 6.01. The molecule has 0 aliphatic rings. The Bertz CT molecular complexity index is 592. The average Bonchev–Trinajstić information content (AvgIpc) is 2.51. The number of halogens is 1. The molecule has 0 saturated heterocycles. The zero-order valence-corrected chi connectivity index (χ0v) is 14.7. The SMILES string of the molecule is CCCNC(c1cccc(CC)c1)c1ccc(Br)c(C)c1. The van der Waals surface area contributed by atoms with Crippen molar-refractivity contribution in [3.8, 4) is 0 Å². The van der Waals surface area contributed by atoms with Crippen molar-refractivity contribution < 1.29 is 0 Å². The maximum atomic E-state index is 3.68. The Hall–Kier alpha value is -1.12. The van der Waals surface area contributed by atoms with Crippen LogP contribution in [0.4, 0.5) is 0 Å². The van der Waals surface area contributed by atoms with Crippen LogP contribution in [0.25, 0.3) is 0 Å². The van der Waals surface area contributed by atoms with E-state index in [-0.39, 0.29) is 6.04 Å². The van der Waals surface area contributed by atoms with Crippen LogP contribution in [0.15, 0.2) is 46.9 Å². The number of benzene rings is 2. The summed E-state index contributed by atoms with van der Waals surface area (Å²) in [5, 5.41) is 3.68. The van der Waals surface area contributed by atoms with Crippen LogP contribution < -0.4 is 5.32 Å². The summed E-state index contributed by atoms with van der Waals surface area (Å²) in [7, 11) is 0. The van der Waals surface area contributed by atoms with Crippen molar-refractivity contribution >= 4 is 15.9 Å². The standard InChI is InChI=1S/C19H24BrN/c1-4-11-21-19(16-8-6-7-15(5-2)13-16)17-9-10-18(20)14(3)12-17/h6-10,12-13,19,21H,4-5,11H2,1-3H3. The molecule has 1 N–H and O–H groups in total. The third kappa shape index (κ3) is 4.18. The van der Waals surface area contributed by atoms with E-state index in [2.05, 4.69) is 84.5 Å². The molecule has 0 radical (unpaired) electrons. The van der Waals surface area contributed by atoms with E-state index in [1.54, 1.807) is 0 Å². The summed E-state index contributed by atoms with van der Waals surface area (Å²) in [5.41, 5.74) is 5.36. The van der Waals surface area contributed by atoms with Crippen molar-refractivity contribution in [2.75, 3.05) is 6.54 Å². The molecule has 0 bridgehead atoms. The summed E-state index contributed by atoms with van der Waals surface area (Å²) in [5.74, 6) is 0.